The van der Waals surface area contributed by atoms with Gasteiger partial charge in [-0.25, -0.2) is 9.59 Å². The molecule has 35 heavy (non-hydrogen) atoms. The third-order valence-corrected chi connectivity index (χ3v) is 5.87. The first-order valence-corrected chi connectivity index (χ1v) is 10.5. The second kappa shape index (κ2) is 9.17. The van der Waals surface area contributed by atoms with E-state index in [2.05, 4.69) is 4.90 Å². The van der Waals surface area contributed by atoms with E-state index in [-0.39, 0.29) is 5.56 Å². The van der Waals surface area contributed by atoms with Crippen molar-refractivity contribution >= 4 is 34.8 Å². The number of para-hydroxylation sites is 1. The summed E-state index contributed by atoms with van der Waals surface area (Å²) >= 11 is 0. The molecule has 0 radical (unpaired) electrons. The van der Waals surface area contributed by atoms with Crippen molar-refractivity contribution in [3.05, 3.63) is 80.1 Å². The number of H-pyrrole nitrogens is 1. The average molecular weight is 479 g/mol. The molecule has 0 saturated carbocycles. The molecule has 0 unspecified atom stereocenters. The quantitative estimate of drug-likeness (QED) is 0.302. The number of hydrogen-bond donors (Lipinski definition) is 4. The van der Waals surface area contributed by atoms with Gasteiger partial charge in [-0.15, -0.1) is 0 Å². The summed E-state index contributed by atoms with van der Waals surface area (Å²) in [6.45, 7) is 2.11. The largest absolute Gasteiger partial charge is 0.478 e. The van der Waals surface area contributed by atoms with Gasteiger partial charge >= 0.3 is 11.9 Å². The van der Waals surface area contributed by atoms with Gasteiger partial charge < -0.3 is 30.7 Å². The number of anilines is 3. The molecule has 2 aromatic carbocycles. The number of carboxylic acid groups (broad SMARTS) is 2. The van der Waals surface area contributed by atoms with Crippen LogP contribution in [-0.2, 0) is 0 Å². The molecular formula is C23H21N5O7. The number of aromatic nitrogens is 1. The Morgan fingerprint density at radius 2 is 1.54 bits per heavy atom. The van der Waals surface area contributed by atoms with Crippen molar-refractivity contribution < 1.29 is 24.7 Å². The predicted molar refractivity (Wildman–Crippen MR) is 128 cm³/mol. The molecule has 1 saturated heterocycles. The number of pyridine rings is 1. The van der Waals surface area contributed by atoms with Crippen molar-refractivity contribution in [3.8, 4) is 11.1 Å². The highest BCUT2D eigenvalue weighted by Crippen LogP contribution is 2.39. The van der Waals surface area contributed by atoms with E-state index in [9.17, 15) is 34.7 Å². The lowest BCUT2D eigenvalue weighted by atomic mass is 9.93. The van der Waals surface area contributed by atoms with Gasteiger partial charge in [-0.05, 0) is 18.2 Å². The van der Waals surface area contributed by atoms with Gasteiger partial charge in [0.25, 0.3) is 11.2 Å². The molecule has 4 rings (SSSR count). The van der Waals surface area contributed by atoms with Gasteiger partial charge in [-0.2, -0.15) is 0 Å². The molecule has 1 aliphatic rings. The topological polar surface area (TPSA) is 183 Å². The molecule has 1 fully saturated rings. The van der Waals surface area contributed by atoms with Crippen LogP contribution in [0.4, 0.5) is 22.9 Å². The third kappa shape index (κ3) is 4.36. The number of non-ortho nitro benzene ring substituents is 1. The Morgan fingerprint density at radius 3 is 2.11 bits per heavy atom. The monoisotopic (exact) mass is 479 g/mol. The van der Waals surface area contributed by atoms with E-state index in [0.717, 1.165) is 11.8 Å². The van der Waals surface area contributed by atoms with Gasteiger partial charge in [0, 0.05) is 60.8 Å². The highest BCUT2D eigenvalue weighted by Gasteiger charge is 2.31. The summed E-state index contributed by atoms with van der Waals surface area (Å²) in [4.78, 5) is 53.4. The van der Waals surface area contributed by atoms with Crippen LogP contribution in [0, 0.1) is 10.1 Å². The van der Waals surface area contributed by atoms with E-state index in [1.807, 2.05) is 40.2 Å². The fourth-order valence-corrected chi connectivity index (χ4v) is 4.27. The summed E-state index contributed by atoms with van der Waals surface area (Å²) in [5.74, 6) is -3.81. The van der Waals surface area contributed by atoms with Crippen molar-refractivity contribution in [2.45, 2.75) is 0 Å². The van der Waals surface area contributed by atoms with Crippen LogP contribution in [0.2, 0.25) is 0 Å². The van der Waals surface area contributed by atoms with E-state index < -0.39 is 50.6 Å². The van der Waals surface area contributed by atoms with E-state index in [1.165, 1.54) is 12.1 Å². The van der Waals surface area contributed by atoms with Crippen molar-refractivity contribution in [2.75, 3.05) is 41.7 Å². The Labute approximate surface area is 198 Å². The lowest BCUT2D eigenvalue weighted by molar-refractivity contribution is -0.384. The van der Waals surface area contributed by atoms with E-state index in [4.69, 9.17) is 5.73 Å². The third-order valence-electron chi connectivity index (χ3n) is 5.87. The number of carbonyl (C=O) groups is 2. The van der Waals surface area contributed by atoms with Crippen LogP contribution in [0.5, 0.6) is 0 Å². The summed E-state index contributed by atoms with van der Waals surface area (Å²) in [6, 6.07) is 13.5. The molecule has 0 aliphatic carbocycles. The van der Waals surface area contributed by atoms with E-state index in [0.29, 0.717) is 31.9 Å². The second-order valence-corrected chi connectivity index (χ2v) is 7.87. The van der Waals surface area contributed by atoms with Crippen molar-refractivity contribution in [2.24, 2.45) is 0 Å². The standard InChI is InChI=1S/C23H21N5O7/c24-20-18(22(30)31)17(19(23(32)33)21(29)25-20)15-12-14(28(34)35)6-7-16(15)27-10-8-26(9-11-27)13-4-2-1-3-5-13/h1-7,12H,8-11H2,(H,30,31)(H,32,33)(H3,24,25,29). The number of aromatic carboxylic acids is 2. The fraction of sp³-hybridized carbons (Fsp3) is 0.174. The van der Waals surface area contributed by atoms with E-state index in [1.54, 1.807) is 0 Å². The summed E-state index contributed by atoms with van der Waals surface area (Å²) < 4.78 is 0. The lowest BCUT2D eigenvalue weighted by Crippen LogP contribution is -2.46. The summed E-state index contributed by atoms with van der Waals surface area (Å²) in [5, 5.41) is 31.0. The molecule has 0 spiro atoms. The van der Waals surface area contributed by atoms with Crippen LogP contribution >= 0.6 is 0 Å². The Balaban J connectivity index is 1.88. The predicted octanol–water partition coefficient (Wildman–Crippen LogP) is 2.26. The van der Waals surface area contributed by atoms with Crippen molar-refractivity contribution in [1.29, 1.82) is 0 Å². The number of nitrogens with zero attached hydrogens (tertiary/aromatic N) is 3. The van der Waals surface area contributed by atoms with Gasteiger partial charge in [0.05, 0.1) is 4.92 Å². The molecule has 1 aliphatic heterocycles. The maximum absolute atomic E-state index is 12.5. The van der Waals surface area contributed by atoms with Gasteiger partial charge in [0.15, 0.2) is 0 Å². The number of nitro groups is 1. The number of nitrogen functional groups attached to an aromatic ring is 1. The number of aromatic amines is 1. The lowest BCUT2D eigenvalue weighted by Gasteiger charge is -2.38. The highest BCUT2D eigenvalue weighted by atomic mass is 16.6. The Bertz CT molecular complexity index is 1380. The maximum atomic E-state index is 12.5. The Morgan fingerprint density at radius 1 is 0.943 bits per heavy atom. The second-order valence-electron chi connectivity index (χ2n) is 7.87. The van der Waals surface area contributed by atoms with Crippen LogP contribution in [-0.4, -0.2) is 58.2 Å². The Hall–Kier alpha value is -4.87. The minimum Gasteiger partial charge on any atom is -0.478 e. The normalized spacial score (nSPS) is 13.5. The van der Waals surface area contributed by atoms with Gasteiger partial charge in [0.2, 0.25) is 0 Å². The molecule has 0 atom stereocenters. The highest BCUT2D eigenvalue weighted by molar-refractivity contribution is 6.09. The van der Waals surface area contributed by atoms with E-state index >= 15 is 0 Å². The van der Waals surface area contributed by atoms with Crippen LogP contribution in [0.3, 0.4) is 0 Å². The number of nitro benzene ring substituents is 1. The average Bonchev–Trinajstić information content (AvgIpc) is 2.83. The van der Waals surface area contributed by atoms with Crippen molar-refractivity contribution in [1.82, 2.24) is 4.98 Å². The number of rotatable bonds is 6. The van der Waals surface area contributed by atoms with Crippen molar-refractivity contribution in [3.63, 3.8) is 0 Å². The van der Waals surface area contributed by atoms with Gasteiger partial charge in [-0.3, -0.25) is 14.9 Å². The summed E-state index contributed by atoms with van der Waals surface area (Å²) in [5.41, 5.74) is 3.59. The molecule has 1 aromatic heterocycles. The van der Waals surface area contributed by atoms with Crippen LogP contribution in [0.15, 0.2) is 53.3 Å². The number of nitrogens with one attached hydrogen (secondary N) is 1. The minimum atomic E-state index is -1.69. The molecule has 12 heteroatoms. The first kappa shape index (κ1) is 23.3. The number of hydrogen-bond acceptors (Lipinski definition) is 8. The number of carboxylic acids is 2. The molecule has 12 nitrogen and oxygen atoms in total. The summed E-state index contributed by atoms with van der Waals surface area (Å²) in [7, 11) is 0. The van der Waals surface area contributed by atoms with Gasteiger partial charge in [0.1, 0.15) is 16.9 Å². The first-order chi connectivity index (χ1) is 16.7. The first-order valence-electron chi connectivity index (χ1n) is 10.5. The number of nitrogens with two attached hydrogens (primary N) is 1. The minimum absolute atomic E-state index is 0.0695. The Kier molecular flexibility index (Phi) is 6.10. The van der Waals surface area contributed by atoms with Crippen LogP contribution in [0.1, 0.15) is 20.7 Å². The zero-order chi connectivity index (χ0) is 25.3. The summed E-state index contributed by atoms with van der Waals surface area (Å²) in [6.07, 6.45) is 0. The molecule has 0 amide bonds. The molecule has 180 valence electrons. The fourth-order valence-electron chi connectivity index (χ4n) is 4.27. The zero-order valence-electron chi connectivity index (χ0n) is 18.3. The zero-order valence-corrected chi connectivity index (χ0v) is 18.3. The molecule has 5 N–H and O–H groups in total. The molecule has 0 bridgehead atoms. The number of piperazine rings is 1. The maximum Gasteiger partial charge on any atom is 0.342 e. The van der Waals surface area contributed by atoms with Crippen LogP contribution < -0.4 is 21.1 Å². The van der Waals surface area contributed by atoms with Gasteiger partial charge in [-0.1, -0.05) is 18.2 Å². The molecule has 3 aromatic rings. The van der Waals surface area contributed by atoms with Crippen LogP contribution in [0.25, 0.3) is 11.1 Å². The SMILES string of the molecule is Nc1[nH]c(=O)c(C(=O)O)c(-c2cc([N+](=O)[O-])ccc2N2CCN(c3ccccc3)CC2)c1C(=O)O. The smallest absolute Gasteiger partial charge is 0.342 e. The molecule has 2 heterocycles. The number of benzene rings is 2. The molecular weight excluding hydrogens is 458 g/mol.